The highest BCUT2D eigenvalue weighted by Gasteiger charge is 2.50. The molecule has 0 aromatic heterocycles. The minimum absolute atomic E-state index is 0.780. The Morgan fingerprint density at radius 1 is 1.36 bits per heavy atom. The lowest BCUT2D eigenvalue weighted by Gasteiger charge is -2.35. The first kappa shape index (κ1) is 7.60. The quantitative estimate of drug-likeness (QED) is 0.614. The molecule has 0 radical (unpaired) electrons. The van der Waals surface area contributed by atoms with Crippen molar-refractivity contribution in [2.75, 3.05) is 6.54 Å². The molecule has 2 rings (SSSR count). The Balaban J connectivity index is 2.04. The molecule has 2 aliphatic rings. The van der Waals surface area contributed by atoms with Crippen molar-refractivity contribution in [3.8, 4) is 0 Å². The van der Waals surface area contributed by atoms with Crippen molar-refractivity contribution < 1.29 is 0 Å². The van der Waals surface area contributed by atoms with Crippen LogP contribution in [0.1, 0.15) is 39.0 Å². The second kappa shape index (κ2) is 2.48. The van der Waals surface area contributed by atoms with Gasteiger partial charge in [-0.05, 0) is 49.5 Å². The normalized spacial score (nSPS) is 40.9. The zero-order valence-electron chi connectivity index (χ0n) is 7.47. The maximum absolute atomic E-state index is 5.74. The van der Waals surface area contributed by atoms with E-state index in [9.17, 15) is 0 Å². The van der Waals surface area contributed by atoms with Crippen molar-refractivity contribution in [3.63, 3.8) is 0 Å². The largest absolute Gasteiger partial charge is 0.330 e. The zero-order valence-corrected chi connectivity index (χ0v) is 7.47. The summed E-state index contributed by atoms with van der Waals surface area (Å²) in [5.74, 6) is 1.76. The lowest BCUT2D eigenvalue weighted by atomic mass is 9.70. The molecule has 0 bridgehead atoms. The highest BCUT2D eigenvalue weighted by atomic mass is 14.6. The molecule has 2 aliphatic carbocycles. The van der Waals surface area contributed by atoms with Crippen molar-refractivity contribution in [3.05, 3.63) is 0 Å². The van der Waals surface area contributed by atoms with Crippen molar-refractivity contribution in [1.82, 2.24) is 0 Å². The Morgan fingerprint density at radius 3 is 2.64 bits per heavy atom. The molecule has 1 spiro atoms. The number of nitrogens with two attached hydrogens (primary N) is 1. The van der Waals surface area contributed by atoms with Crippen LogP contribution >= 0.6 is 0 Å². The molecular weight excluding hydrogens is 134 g/mol. The van der Waals surface area contributed by atoms with Gasteiger partial charge < -0.3 is 5.73 Å². The molecule has 1 heteroatoms. The molecule has 2 fully saturated rings. The average Bonchev–Trinajstić information content (AvgIpc) is 2.77. The van der Waals surface area contributed by atoms with E-state index in [0.29, 0.717) is 0 Å². The first-order chi connectivity index (χ1) is 5.28. The molecule has 0 aromatic carbocycles. The first-order valence-corrected chi connectivity index (χ1v) is 4.98. The summed E-state index contributed by atoms with van der Waals surface area (Å²) in [7, 11) is 0. The highest BCUT2D eigenvalue weighted by molar-refractivity contribution is 5.01. The van der Waals surface area contributed by atoms with E-state index in [4.69, 9.17) is 5.73 Å². The highest BCUT2D eigenvalue weighted by Crippen LogP contribution is 2.60. The van der Waals surface area contributed by atoms with Crippen LogP contribution in [0.15, 0.2) is 0 Å². The Labute approximate surface area is 69.4 Å². The fourth-order valence-corrected chi connectivity index (χ4v) is 2.88. The zero-order chi connectivity index (χ0) is 7.90. The Bertz CT molecular complexity index is 149. The minimum atomic E-state index is 0.780. The summed E-state index contributed by atoms with van der Waals surface area (Å²) in [6.07, 6.45) is 7.30. The SMILES string of the molecule is CC1C(CN)CCCC12CC2. The van der Waals surface area contributed by atoms with Crippen molar-refractivity contribution in [2.45, 2.75) is 39.0 Å². The van der Waals surface area contributed by atoms with E-state index < -0.39 is 0 Å². The van der Waals surface area contributed by atoms with Crippen molar-refractivity contribution in [1.29, 1.82) is 0 Å². The van der Waals surface area contributed by atoms with Gasteiger partial charge in [-0.2, -0.15) is 0 Å². The summed E-state index contributed by atoms with van der Waals surface area (Å²) in [5.41, 5.74) is 6.52. The minimum Gasteiger partial charge on any atom is -0.330 e. The molecule has 2 atom stereocenters. The molecule has 0 amide bonds. The summed E-state index contributed by atoms with van der Waals surface area (Å²) in [4.78, 5) is 0. The van der Waals surface area contributed by atoms with Gasteiger partial charge in [0.05, 0.1) is 0 Å². The molecule has 2 unspecified atom stereocenters. The molecule has 64 valence electrons. The molecule has 0 heterocycles. The maximum atomic E-state index is 5.74. The van der Waals surface area contributed by atoms with Gasteiger partial charge in [-0.1, -0.05) is 13.3 Å². The summed E-state index contributed by atoms with van der Waals surface area (Å²) in [6, 6.07) is 0. The van der Waals surface area contributed by atoms with E-state index in [2.05, 4.69) is 6.92 Å². The predicted molar refractivity (Wildman–Crippen MR) is 47.2 cm³/mol. The van der Waals surface area contributed by atoms with Crippen LogP contribution in [0.2, 0.25) is 0 Å². The molecule has 2 N–H and O–H groups in total. The smallest absolute Gasteiger partial charge is 0.00461 e. The second-order valence-electron chi connectivity index (χ2n) is 4.54. The van der Waals surface area contributed by atoms with Gasteiger partial charge in [0, 0.05) is 0 Å². The van der Waals surface area contributed by atoms with E-state index in [1.54, 1.807) is 0 Å². The van der Waals surface area contributed by atoms with Gasteiger partial charge in [-0.15, -0.1) is 0 Å². The number of hydrogen-bond acceptors (Lipinski definition) is 1. The van der Waals surface area contributed by atoms with Crippen LogP contribution < -0.4 is 5.73 Å². The lowest BCUT2D eigenvalue weighted by molar-refractivity contribution is 0.153. The van der Waals surface area contributed by atoms with Gasteiger partial charge in [-0.25, -0.2) is 0 Å². The van der Waals surface area contributed by atoms with Crippen LogP contribution in [0.4, 0.5) is 0 Å². The topological polar surface area (TPSA) is 26.0 Å². The third-order valence-electron chi connectivity index (χ3n) is 4.12. The van der Waals surface area contributed by atoms with Gasteiger partial charge in [0.15, 0.2) is 0 Å². The molecule has 2 saturated carbocycles. The molecule has 11 heavy (non-hydrogen) atoms. The molecule has 0 aromatic rings. The fraction of sp³-hybridized carbons (Fsp3) is 1.00. The van der Waals surface area contributed by atoms with Crippen LogP contribution in [0.3, 0.4) is 0 Å². The molecular formula is C10H19N. The second-order valence-corrected chi connectivity index (χ2v) is 4.54. The Morgan fingerprint density at radius 2 is 2.09 bits per heavy atom. The van der Waals surface area contributed by atoms with Crippen molar-refractivity contribution in [2.24, 2.45) is 23.0 Å². The van der Waals surface area contributed by atoms with Crippen LogP contribution in [0, 0.1) is 17.3 Å². The van der Waals surface area contributed by atoms with Gasteiger partial charge in [-0.3, -0.25) is 0 Å². The Kier molecular flexibility index (Phi) is 1.71. The average molecular weight is 153 g/mol. The predicted octanol–water partition coefficient (Wildman–Crippen LogP) is 2.16. The fourth-order valence-electron chi connectivity index (χ4n) is 2.88. The molecule has 0 saturated heterocycles. The summed E-state index contributed by atoms with van der Waals surface area (Å²) < 4.78 is 0. The van der Waals surface area contributed by atoms with Gasteiger partial charge in [0.25, 0.3) is 0 Å². The molecule has 0 aliphatic heterocycles. The van der Waals surface area contributed by atoms with Gasteiger partial charge in [0.2, 0.25) is 0 Å². The van der Waals surface area contributed by atoms with Gasteiger partial charge in [0.1, 0.15) is 0 Å². The molecule has 1 nitrogen and oxygen atoms in total. The van der Waals surface area contributed by atoms with E-state index >= 15 is 0 Å². The monoisotopic (exact) mass is 153 g/mol. The summed E-state index contributed by atoms with van der Waals surface area (Å²) in [6.45, 7) is 3.34. The van der Waals surface area contributed by atoms with Crippen LogP contribution in [0.25, 0.3) is 0 Å². The standard InChI is InChI=1S/C10H19N/c1-8-9(7-11)3-2-4-10(8)5-6-10/h8-9H,2-7,11H2,1H3. The summed E-state index contributed by atoms with van der Waals surface area (Å²) >= 11 is 0. The maximum Gasteiger partial charge on any atom is -0.00461 e. The third-order valence-corrected chi connectivity index (χ3v) is 4.12. The van der Waals surface area contributed by atoms with Crippen molar-refractivity contribution >= 4 is 0 Å². The van der Waals surface area contributed by atoms with E-state index in [1.165, 1.54) is 32.1 Å². The van der Waals surface area contributed by atoms with Crippen LogP contribution in [-0.2, 0) is 0 Å². The third kappa shape index (κ3) is 1.10. The van der Waals surface area contributed by atoms with Crippen LogP contribution in [-0.4, -0.2) is 6.54 Å². The van der Waals surface area contributed by atoms with Crippen LogP contribution in [0.5, 0.6) is 0 Å². The lowest BCUT2D eigenvalue weighted by Crippen LogP contribution is -2.32. The number of hydrogen-bond donors (Lipinski definition) is 1. The number of rotatable bonds is 1. The van der Waals surface area contributed by atoms with E-state index in [0.717, 1.165) is 23.8 Å². The van der Waals surface area contributed by atoms with E-state index in [-0.39, 0.29) is 0 Å². The first-order valence-electron chi connectivity index (χ1n) is 4.98. The Hall–Kier alpha value is -0.0400. The van der Waals surface area contributed by atoms with Gasteiger partial charge >= 0.3 is 0 Å². The van der Waals surface area contributed by atoms with E-state index in [1.807, 2.05) is 0 Å². The summed E-state index contributed by atoms with van der Waals surface area (Å²) in [5, 5.41) is 0.